The van der Waals surface area contributed by atoms with Crippen molar-refractivity contribution in [2.24, 2.45) is 0 Å². The molecule has 1 aromatic heterocycles. The van der Waals surface area contributed by atoms with Crippen LogP contribution in [0.4, 0.5) is 0 Å². The molecule has 16 heavy (non-hydrogen) atoms. The summed E-state index contributed by atoms with van der Waals surface area (Å²) in [4.78, 5) is 8.47. The molecular formula is C11H12N2O3. The van der Waals surface area contributed by atoms with Gasteiger partial charge in [0.15, 0.2) is 11.5 Å². The lowest BCUT2D eigenvalue weighted by molar-refractivity contribution is 0.355. The smallest absolute Gasteiger partial charge is 0.232 e. The molecular weight excluding hydrogens is 208 g/mol. The Labute approximate surface area is 93.0 Å². The highest BCUT2D eigenvalue weighted by atomic mass is 16.5. The van der Waals surface area contributed by atoms with E-state index >= 15 is 0 Å². The lowest BCUT2D eigenvalue weighted by atomic mass is 10.2. The minimum Gasteiger partial charge on any atom is -0.493 e. The van der Waals surface area contributed by atoms with Gasteiger partial charge in [-0.15, -0.1) is 0 Å². The molecule has 0 aliphatic heterocycles. The summed E-state index contributed by atoms with van der Waals surface area (Å²) in [5, 5.41) is 0. The molecule has 0 fully saturated rings. The van der Waals surface area contributed by atoms with Crippen LogP contribution in [0.3, 0.4) is 0 Å². The van der Waals surface area contributed by atoms with E-state index in [4.69, 9.17) is 14.2 Å². The molecule has 0 bridgehead atoms. The Balaban J connectivity index is 2.63. The fourth-order valence-corrected chi connectivity index (χ4v) is 1.42. The van der Waals surface area contributed by atoms with E-state index in [2.05, 4.69) is 9.97 Å². The maximum Gasteiger partial charge on any atom is 0.232 e. The number of aromatic nitrogens is 2. The zero-order chi connectivity index (χ0) is 11.5. The van der Waals surface area contributed by atoms with Crippen molar-refractivity contribution in [1.29, 1.82) is 0 Å². The lowest BCUT2D eigenvalue weighted by Crippen LogP contribution is -1.94. The van der Waals surface area contributed by atoms with Gasteiger partial charge in [-0.25, -0.2) is 9.97 Å². The van der Waals surface area contributed by atoms with Gasteiger partial charge in [0.25, 0.3) is 0 Å². The minimum atomic E-state index is 0.472. The summed E-state index contributed by atoms with van der Waals surface area (Å²) in [6.45, 7) is 0. The van der Waals surface area contributed by atoms with Crippen molar-refractivity contribution in [3.05, 3.63) is 18.3 Å². The highest BCUT2D eigenvalue weighted by Crippen LogP contribution is 2.30. The number of nitrogens with zero attached hydrogens (tertiary/aromatic N) is 2. The Morgan fingerprint density at radius 1 is 0.875 bits per heavy atom. The average molecular weight is 220 g/mol. The van der Waals surface area contributed by atoms with E-state index in [1.54, 1.807) is 39.7 Å². The van der Waals surface area contributed by atoms with Crippen molar-refractivity contribution in [2.75, 3.05) is 21.3 Å². The zero-order valence-electron chi connectivity index (χ0n) is 9.35. The number of hydrogen-bond acceptors (Lipinski definition) is 5. The SMILES string of the molecule is COc1cnc2cc(OC)c(OC)cc2n1. The first-order valence-corrected chi connectivity index (χ1v) is 4.71. The predicted molar refractivity (Wildman–Crippen MR) is 59.2 cm³/mol. The minimum absolute atomic E-state index is 0.472. The zero-order valence-corrected chi connectivity index (χ0v) is 9.35. The molecule has 0 spiro atoms. The molecule has 0 unspecified atom stereocenters. The van der Waals surface area contributed by atoms with E-state index in [1.165, 1.54) is 0 Å². The van der Waals surface area contributed by atoms with Crippen molar-refractivity contribution < 1.29 is 14.2 Å². The average Bonchev–Trinajstić information content (AvgIpc) is 2.36. The molecule has 0 saturated carbocycles. The van der Waals surface area contributed by atoms with Crippen molar-refractivity contribution in [2.45, 2.75) is 0 Å². The van der Waals surface area contributed by atoms with E-state index in [9.17, 15) is 0 Å². The first-order valence-electron chi connectivity index (χ1n) is 4.71. The van der Waals surface area contributed by atoms with Crippen LogP contribution in [0.15, 0.2) is 18.3 Å². The number of methoxy groups -OCH3 is 3. The van der Waals surface area contributed by atoms with Gasteiger partial charge in [0, 0.05) is 12.1 Å². The maximum absolute atomic E-state index is 5.18. The molecule has 0 atom stereocenters. The Hall–Kier alpha value is -2.04. The van der Waals surface area contributed by atoms with Gasteiger partial charge in [-0.05, 0) is 0 Å². The maximum atomic E-state index is 5.18. The monoisotopic (exact) mass is 220 g/mol. The van der Waals surface area contributed by atoms with Crippen LogP contribution in [-0.4, -0.2) is 31.3 Å². The molecule has 0 saturated heterocycles. The molecule has 84 valence electrons. The summed E-state index contributed by atoms with van der Waals surface area (Å²) in [5.74, 6) is 1.73. The van der Waals surface area contributed by atoms with Crippen LogP contribution < -0.4 is 14.2 Å². The van der Waals surface area contributed by atoms with Crippen LogP contribution in [0.1, 0.15) is 0 Å². The summed E-state index contributed by atoms with van der Waals surface area (Å²) in [6, 6.07) is 3.55. The molecule has 0 N–H and O–H groups in total. The quantitative estimate of drug-likeness (QED) is 0.787. The van der Waals surface area contributed by atoms with Gasteiger partial charge in [-0.1, -0.05) is 0 Å². The highest BCUT2D eigenvalue weighted by molar-refractivity contribution is 5.79. The van der Waals surface area contributed by atoms with Gasteiger partial charge in [-0.3, -0.25) is 0 Å². The second-order valence-electron chi connectivity index (χ2n) is 3.11. The van der Waals surface area contributed by atoms with E-state index < -0.39 is 0 Å². The Morgan fingerprint density at radius 2 is 1.50 bits per heavy atom. The number of hydrogen-bond donors (Lipinski definition) is 0. The fraction of sp³-hybridized carbons (Fsp3) is 0.273. The van der Waals surface area contributed by atoms with Crippen molar-refractivity contribution in [3.8, 4) is 17.4 Å². The van der Waals surface area contributed by atoms with Gasteiger partial charge in [0.05, 0.1) is 38.6 Å². The van der Waals surface area contributed by atoms with Gasteiger partial charge in [0.1, 0.15) is 0 Å². The van der Waals surface area contributed by atoms with E-state index in [-0.39, 0.29) is 0 Å². The van der Waals surface area contributed by atoms with E-state index in [0.717, 1.165) is 5.52 Å². The standard InChI is InChI=1S/C11H12N2O3/c1-14-9-4-7-8(5-10(9)15-2)13-11(16-3)6-12-7/h4-6H,1-3H3. The van der Waals surface area contributed by atoms with Crippen LogP contribution in [-0.2, 0) is 0 Å². The number of benzene rings is 1. The third kappa shape index (κ3) is 1.71. The van der Waals surface area contributed by atoms with Crippen LogP contribution in [0.2, 0.25) is 0 Å². The highest BCUT2D eigenvalue weighted by Gasteiger charge is 2.08. The van der Waals surface area contributed by atoms with E-state index in [1.807, 2.05) is 0 Å². The van der Waals surface area contributed by atoms with Gasteiger partial charge >= 0.3 is 0 Å². The molecule has 0 radical (unpaired) electrons. The van der Waals surface area contributed by atoms with Gasteiger partial charge in [0.2, 0.25) is 5.88 Å². The Bertz CT molecular complexity index is 514. The first kappa shape index (κ1) is 10.5. The second-order valence-corrected chi connectivity index (χ2v) is 3.11. The normalized spacial score (nSPS) is 10.2. The number of ether oxygens (including phenoxy) is 3. The molecule has 1 aromatic carbocycles. The summed E-state index contributed by atoms with van der Waals surface area (Å²) in [5.41, 5.74) is 1.44. The molecule has 2 aromatic rings. The molecule has 0 aliphatic carbocycles. The molecule has 2 rings (SSSR count). The van der Waals surface area contributed by atoms with E-state index in [0.29, 0.717) is 22.9 Å². The van der Waals surface area contributed by atoms with Gasteiger partial charge in [-0.2, -0.15) is 0 Å². The molecule has 0 aliphatic rings. The molecule has 5 heteroatoms. The summed E-state index contributed by atoms with van der Waals surface area (Å²) in [7, 11) is 4.72. The van der Waals surface area contributed by atoms with Crippen LogP contribution >= 0.6 is 0 Å². The third-order valence-electron chi connectivity index (χ3n) is 2.23. The number of rotatable bonds is 3. The summed E-state index contributed by atoms with van der Waals surface area (Å²) in [6.07, 6.45) is 1.56. The summed E-state index contributed by atoms with van der Waals surface area (Å²) >= 11 is 0. The van der Waals surface area contributed by atoms with Crippen molar-refractivity contribution in [1.82, 2.24) is 9.97 Å². The number of fused-ring (bicyclic) bond motifs is 1. The fourth-order valence-electron chi connectivity index (χ4n) is 1.42. The molecule has 0 amide bonds. The van der Waals surface area contributed by atoms with Crippen LogP contribution in [0.25, 0.3) is 11.0 Å². The Kier molecular flexibility index (Phi) is 2.76. The Morgan fingerprint density at radius 3 is 2.06 bits per heavy atom. The second kappa shape index (κ2) is 4.22. The van der Waals surface area contributed by atoms with Gasteiger partial charge < -0.3 is 14.2 Å². The van der Waals surface area contributed by atoms with Crippen molar-refractivity contribution >= 4 is 11.0 Å². The first-order chi connectivity index (χ1) is 7.78. The van der Waals surface area contributed by atoms with Crippen LogP contribution in [0.5, 0.6) is 17.4 Å². The van der Waals surface area contributed by atoms with Crippen molar-refractivity contribution in [3.63, 3.8) is 0 Å². The summed E-state index contributed by atoms with van der Waals surface area (Å²) < 4.78 is 15.4. The topological polar surface area (TPSA) is 53.5 Å². The molecule has 1 heterocycles. The lowest BCUT2D eigenvalue weighted by Gasteiger charge is -2.08. The largest absolute Gasteiger partial charge is 0.493 e. The third-order valence-corrected chi connectivity index (χ3v) is 2.23. The molecule has 5 nitrogen and oxygen atoms in total. The van der Waals surface area contributed by atoms with Crippen LogP contribution in [0, 0.1) is 0 Å². The predicted octanol–water partition coefficient (Wildman–Crippen LogP) is 1.66.